The van der Waals surface area contributed by atoms with Crippen LogP contribution >= 0.6 is 0 Å². The zero-order valence-electron chi connectivity index (χ0n) is 10.9. The van der Waals surface area contributed by atoms with Crippen LogP contribution in [0.5, 0.6) is 17.2 Å². The number of ether oxygens (including phenoxy) is 2. The molecule has 0 fully saturated rings. The van der Waals surface area contributed by atoms with E-state index in [-0.39, 0.29) is 18.8 Å². The van der Waals surface area contributed by atoms with Crippen molar-refractivity contribution in [1.82, 2.24) is 0 Å². The van der Waals surface area contributed by atoms with Crippen LogP contribution in [-0.4, -0.2) is 35.0 Å². The number of rotatable bonds is 7. The number of hydrogen-bond donors (Lipinski definition) is 3. The van der Waals surface area contributed by atoms with E-state index < -0.39 is 12.1 Å². The predicted molar refractivity (Wildman–Crippen MR) is 67.7 cm³/mol. The number of carboxylic acids is 1. The van der Waals surface area contributed by atoms with Crippen molar-refractivity contribution in [2.24, 2.45) is 0 Å². The monoisotopic (exact) mass is 270 g/mol. The summed E-state index contributed by atoms with van der Waals surface area (Å²) in [6.07, 6.45) is -0.452. The zero-order chi connectivity index (χ0) is 14.4. The molecule has 6 heteroatoms. The summed E-state index contributed by atoms with van der Waals surface area (Å²) >= 11 is 0. The highest BCUT2D eigenvalue weighted by Gasteiger charge is 2.14. The molecule has 19 heavy (non-hydrogen) atoms. The number of aliphatic hydroxyl groups excluding tert-OH is 1. The van der Waals surface area contributed by atoms with Gasteiger partial charge in [0.1, 0.15) is 5.75 Å². The first-order valence-electron chi connectivity index (χ1n) is 5.89. The Hall–Kier alpha value is -1.95. The van der Waals surface area contributed by atoms with Gasteiger partial charge in [0.05, 0.1) is 19.8 Å². The van der Waals surface area contributed by atoms with Gasteiger partial charge < -0.3 is 24.8 Å². The van der Waals surface area contributed by atoms with Crippen molar-refractivity contribution in [3.05, 3.63) is 17.7 Å². The fourth-order valence-electron chi connectivity index (χ4n) is 1.58. The molecule has 1 unspecified atom stereocenters. The number of phenolic OH excluding ortho intramolecular Hbond substituents is 1. The SMILES string of the molecule is COc1cc(C(C)O)c(O)cc1OCCCC(=O)O. The van der Waals surface area contributed by atoms with Gasteiger partial charge in [0.2, 0.25) is 0 Å². The van der Waals surface area contributed by atoms with Crippen LogP contribution in [0.25, 0.3) is 0 Å². The van der Waals surface area contributed by atoms with Gasteiger partial charge in [-0.25, -0.2) is 0 Å². The van der Waals surface area contributed by atoms with Crippen LogP contribution in [0.2, 0.25) is 0 Å². The molecule has 106 valence electrons. The first-order chi connectivity index (χ1) is 8.95. The van der Waals surface area contributed by atoms with Crippen molar-refractivity contribution in [1.29, 1.82) is 0 Å². The maximum absolute atomic E-state index is 10.4. The largest absolute Gasteiger partial charge is 0.507 e. The Bertz CT molecular complexity index is 441. The van der Waals surface area contributed by atoms with Crippen molar-refractivity contribution < 1.29 is 29.6 Å². The zero-order valence-corrected chi connectivity index (χ0v) is 10.9. The molecule has 1 rings (SSSR count). The standard InChI is InChI=1S/C13H18O6/c1-8(14)9-6-11(18-2)12(7-10(9)15)19-5-3-4-13(16)17/h6-8,14-15H,3-5H2,1-2H3,(H,16,17). The van der Waals surface area contributed by atoms with E-state index in [1.165, 1.54) is 26.2 Å². The van der Waals surface area contributed by atoms with Gasteiger partial charge in [0, 0.05) is 18.1 Å². The number of carbonyl (C=O) groups is 1. The van der Waals surface area contributed by atoms with Gasteiger partial charge in [-0.15, -0.1) is 0 Å². The molecule has 0 heterocycles. The third-order valence-corrected chi connectivity index (χ3v) is 2.56. The van der Waals surface area contributed by atoms with Crippen LogP contribution in [0.1, 0.15) is 31.4 Å². The molecule has 3 N–H and O–H groups in total. The minimum absolute atomic E-state index is 0.0139. The van der Waals surface area contributed by atoms with E-state index in [4.69, 9.17) is 14.6 Å². The van der Waals surface area contributed by atoms with E-state index in [1.807, 2.05) is 0 Å². The molecular weight excluding hydrogens is 252 g/mol. The summed E-state index contributed by atoms with van der Waals surface area (Å²) in [7, 11) is 1.45. The van der Waals surface area contributed by atoms with Crippen LogP contribution in [0.3, 0.4) is 0 Å². The number of hydrogen-bond acceptors (Lipinski definition) is 5. The molecule has 0 aliphatic heterocycles. The Balaban J connectivity index is 2.77. The first-order valence-corrected chi connectivity index (χ1v) is 5.89. The Kier molecular flexibility index (Phi) is 5.44. The number of aromatic hydroxyl groups is 1. The van der Waals surface area contributed by atoms with E-state index >= 15 is 0 Å². The van der Waals surface area contributed by atoms with Crippen LogP contribution in [0, 0.1) is 0 Å². The highest BCUT2D eigenvalue weighted by molar-refractivity contribution is 5.66. The fraction of sp³-hybridized carbons (Fsp3) is 0.462. The number of benzene rings is 1. The molecule has 0 amide bonds. The lowest BCUT2D eigenvalue weighted by molar-refractivity contribution is -0.137. The minimum atomic E-state index is -0.886. The third kappa shape index (κ3) is 4.33. The molecule has 0 radical (unpaired) electrons. The van der Waals surface area contributed by atoms with E-state index in [2.05, 4.69) is 0 Å². The molecule has 1 aromatic carbocycles. The lowest BCUT2D eigenvalue weighted by Crippen LogP contribution is -2.04. The molecule has 0 aliphatic rings. The molecule has 0 spiro atoms. The van der Waals surface area contributed by atoms with Crippen LogP contribution in [-0.2, 0) is 4.79 Å². The summed E-state index contributed by atoms with van der Waals surface area (Å²) in [5, 5.41) is 27.7. The van der Waals surface area contributed by atoms with Crippen molar-refractivity contribution in [3.8, 4) is 17.2 Å². The van der Waals surface area contributed by atoms with Gasteiger partial charge in [0.15, 0.2) is 11.5 Å². The summed E-state index contributed by atoms with van der Waals surface area (Å²) in [4.78, 5) is 10.4. The smallest absolute Gasteiger partial charge is 0.303 e. The van der Waals surface area contributed by atoms with Crippen molar-refractivity contribution in [2.75, 3.05) is 13.7 Å². The van der Waals surface area contributed by atoms with E-state index in [9.17, 15) is 15.0 Å². The fourth-order valence-corrected chi connectivity index (χ4v) is 1.58. The molecule has 1 aromatic rings. The van der Waals surface area contributed by atoms with E-state index in [0.717, 1.165) is 0 Å². The summed E-state index contributed by atoms with van der Waals surface area (Å²) in [6.45, 7) is 1.73. The molecular formula is C13H18O6. The number of aliphatic carboxylic acids is 1. The number of carboxylic acid groups (broad SMARTS) is 1. The molecule has 0 aliphatic carbocycles. The molecule has 0 aromatic heterocycles. The predicted octanol–water partition coefficient (Wildman–Crippen LogP) is 1.70. The van der Waals surface area contributed by atoms with Crippen LogP contribution in [0.4, 0.5) is 0 Å². The van der Waals surface area contributed by atoms with E-state index in [1.54, 1.807) is 0 Å². The van der Waals surface area contributed by atoms with Crippen molar-refractivity contribution in [3.63, 3.8) is 0 Å². The first kappa shape index (κ1) is 15.1. The summed E-state index contributed by atoms with van der Waals surface area (Å²) in [5.41, 5.74) is 0.342. The highest BCUT2D eigenvalue weighted by atomic mass is 16.5. The quantitative estimate of drug-likeness (QED) is 0.652. The van der Waals surface area contributed by atoms with Crippen molar-refractivity contribution in [2.45, 2.75) is 25.9 Å². The Morgan fingerprint density at radius 3 is 2.58 bits per heavy atom. The summed E-state index contributed by atoms with van der Waals surface area (Å²) < 4.78 is 10.5. The van der Waals surface area contributed by atoms with E-state index in [0.29, 0.717) is 23.5 Å². The maximum atomic E-state index is 10.4. The van der Waals surface area contributed by atoms with Gasteiger partial charge in [-0.05, 0) is 19.4 Å². The number of phenols is 1. The minimum Gasteiger partial charge on any atom is -0.507 e. The number of methoxy groups -OCH3 is 1. The second-order valence-corrected chi connectivity index (χ2v) is 4.08. The van der Waals surface area contributed by atoms with Gasteiger partial charge in [-0.1, -0.05) is 0 Å². The van der Waals surface area contributed by atoms with Gasteiger partial charge in [-0.2, -0.15) is 0 Å². The molecule has 1 atom stereocenters. The van der Waals surface area contributed by atoms with Gasteiger partial charge in [-0.3, -0.25) is 4.79 Å². The number of aliphatic hydroxyl groups is 1. The normalized spacial score (nSPS) is 11.9. The Morgan fingerprint density at radius 1 is 1.37 bits per heavy atom. The summed E-state index contributed by atoms with van der Waals surface area (Å²) in [5.74, 6) is -0.286. The van der Waals surface area contributed by atoms with Gasteiger partial charge in [0.25, 0.3) is 0 Å². The molecule has 0 bridgehead atoms. The second-order valence-electron chi connectivity index (χ2n) is 4.08. The highest BCUT2D eigenvalue weighted by Crippen LogP contribution is 2.36. The summed E-state index contributed by atoms with van der Waals surface area (Å²) in [6, 6.07) is 2.84. The van der Waals surface area contributed by atoms with Crippen molar-refractivity contribution >= 4 is 5.97 Å². The second kappa shape index (κ2) is 6.84. The Labute approximate surface area is 111 Å². The topological polar surface area (TPSA) is 96.2 Å². The average molecular weight is 270 g/mol. The lowest BCUT2D eigenvalue weighted by Gasteiger charge is -2.14. The average Bonchev–Trinajstić information content (AvgIpc) is 2.34. The molecule has 6 nitrogen and oxygen atoms in total. The van der Waals surface area contributed by atoms with Crippen LogP contribution in [0.15, 0.2) is 12.1 Å². The Morgan fingerprint density at radius 2 is 2.05 bits per heavy atom. The lowest BCUT2D eigenvalue weighted by atomic mass is 10.1. The van der Waals surface area contributed by atoms with Gasteiger partial charge >= 0.3 is 5.97 Å². The molecule has 0 saturated heterocycles. The molecule has 0 saturated carbocycles. The third-order valence-electron chi connectivity index (χ3n) is 2.56. The van der Waals surface area contributed by atoms with Crippen LogP contribution < -0.4 is 9.47 Å². The maximum Gasteiger partial charge on any atom is 0.303 e.